The number of halogens is 1. The number of carboxylic acids is 1. The number of pyridine rings is 1. The van der Waals surface area contributed by atoms with Crippen molar-refractivity contribution in [2.24, 2.45) is 0 Å². The Hall–Kier alpha value is -1.59. The molecule has 0 unspecified atom stereocenters. The van der Waals surface area contributed by atoms with Gasteiger partial charge in [0, 0.05) is 11.1 Å². The Bertz CT molecular complexity index is 598. The summed E-state index contributed by atoms with van der Waals surface area (Å²) in [4.78, 5) is 16.0. The number of rotatable bonds is 5. The Labute approximate surface area is 120 Å². The van der Waals surface area contributed by atoms with Gasteiger partial charge in [-0.15, -0.1) is 11.3 Å². The van der Waals surface area contributed by atoms with Crippen LogP contribution in [-0.2, 0) is 13.0 Å². The van der Waals surface area contributed by atoms with Gasteiger partial charge >= 0.3 is 5.97 Å². The molecule has 0 fully saturated rings. The van der Waals surface area contributed by atoms with Gasteiger partial charge in [0.05, 0.1) is 17.1 Å². The molecule has 0 aliphatic rings. The van der Waals surface area contributed by atoms with E-state index < -0.39 is 5.97 Å². The second kappa shape index (κ2) is 6.04. The van der Waals surface area contributed by atoms with E-state index in [1.807, 2.05) is 0 Å². The van der Waals surface area contributed by atoms with Gasteiger partial charge in [-0.2, -0.15) is 0 Å². The number of nitrogens with zero attached hydrogens (tertiary/aromatic N) is 1. The summed E-state index contributed by atoms with van der Waals surface area (Å²) in [5.74, 6) is -0.533. The molecule has 0 saturated carbocycles. The number of anilines is 1. The molecule has 0 atom stereocenters. The molecule has 0 aromatic carbocycles. The van der Waals surface area contributed by atoms with Crippen LogP contribution < -0.4 is 5.32 Å². The van der Waals surface area contributed by atoms with Gasteiger partial charge in [0.1, 0.15) is 5.82 Å². The molecule has 0 saturated heterocycles. The Morgan fingerprint density at radius 1 is 1.58 bits per heavy atom. The number of hydrogen-bond donors (Lipinski definition) is 2. The van der Waals surface area contributed by atoms with Crippen LogP contribution in [0, 0.1) is 0 Å². The number of hydrogen-bond acceptors (Lipinski definition) is 4. The lowest BCUT2D eigenvalue weighted by atomic mass is 10.2. The molecular weight excluding hydrogens is 284 g/mol. The first kappa shape index (κ1) is 13.8. The van der Waals surface area contributed by atoms with Crippen LogP contribution in [0.25, 0.3) is 0 Å². The van der Waals surface area contributed by atoms with Crippen LogP contribution in [0.5, 0.6) is 0 Å². The van der Waals surface area contributed by atoms with Gasteiger partial charge in [-0.1, -0.05) is 18.5 Å². The minimum atomic E-state index is -1.03. The zero-order valence-electron chi connectivity index (χ0n) is 10.3. The molecule has 0 spiro atoms. The molecule has 0 aliphatic carbocycles. The van der Waals surface area contributed by atoms with E-state index in [1.54, 1.807) is 11.3 Å². The summed E-state index contributed by atoms with van der Waals surface area (Å²) < 4.78 is 0. The van der Waals surface area contributed by atoms with Crippen molar-refractivity contribution in [2.75, 3.05) is 5.32 Å². The highest BCUT2D eigenvalue weighted by Crippen LogP contribution is 2.23. The van der Waals surface area contributed by atoms with E-state index in [0.29, 0.717) is 17.4 Å². The van der Waals surface area contributed by atoms with Crippen molar-refractivity contribution in [1.82, 2.24) is 4.98 Å². The van der Waals surface area contributed by atoms with E-state index in [0.717, 1.165) is 6.42 Å². The molecular formula is C13H13ClN2O2S. The highest BCUT2D eigenvalue weighted by Gasteiger charge is 2.09. The fraction of sp³-hybridized carbons (Fsp3) is 0.231. The third kappa shape index (κ3) is 3.24. The summed E-state index contributed by atoms with van der Waals surface area (Å²) >= 11 is 7.68. The molecule has 2 heterocycles. The van der Waals surface area contributed by atoms with Crippen LogP contribution in [0.2, 0.25) is 5.02 Å². The van der Waals surface area contributed by atoms with Crippen LogP contribution >= 0.6 is 22.9 Å². The van der Waals surface area contributed by atoms with Crippen molar-refractivity contribution in [3.8, 4) is 0 Å². The van der Waals surface area contributed by atoms with E-state index in [9.17, 15) is 4.79 Å². The fourth-order valence-electron chi connectivity index (χ4n) is 1.69. The fourth-order valence-corrected chi connectivity index (χ4v) is 2.84. The molecule has 2 aromatic heterocycles. The van der Waals surface area contributed by atoms with Gasteiger partial charge in [0.25, 0.3) is 0 Å². The SMILES string of the molecule is CCc1ccsc1CNc1ncc(C(=O)O)cc1Cl. The monoisotopic (exact) mass is 296 g/mol. The summed E-state index contributed by atoms with van der Waals surface area (Å²) in [5.41, 5.74) is 1.39. The average molecular weight is 297 g/mol. The van der Waals surface area contributed by atoms with Crippen LogP contribution in [0.4, 0.5) is 5.82 Å². The first-order valence-corrected chi connectivity index (χ1v) is 7.05. The standard InChI is InChI=1S/C13H13ClN2O2S/c1-2-8-3-4-19-11(8)7-16-12-10(14)5-9(6-15-12)13(17)18/h3-6H,2,7H2,1H3,(H,15,16)(H,17,18). The molecule has 2 aromatic rings. The average Bonchev–Trinajstić information content (AvgIpc) is 2.84. The molecule has 0 amide bonds. The maximum atomic E-state index is 10.8. The summed E-state index contributed by atoms with van der Waals surface area (Å²) in [6.07, 6.45) is 2.28. The zero-order valence-corrected chi connectivity index (χ0v) is 11.9. The van der Waals surface area contributed by atoms with Gasteiger partial charge in [-0.05, 0) is 29.5 Å². The Morgan fingerprint density at radius 3 is 3.00 bits per heavy atom. The van der Waals surface area contributed by atoms with Crippen LogP contribution in [-0.4, -0.2) is 16.1 Å². The second-order valence-corrected chi connectivity index (χ2v) is 5.34. The lowest BCUT2D eigenvalue weighted by Gasteiger charge is -2.08. The lowest BCUT2D eigenvalue weighted by molar-refractivity contribution is 0.0696. The normalized spacial score (nSPS) is 10.4. The van der Waals surface area contributed by atoms with Crippen molar-refractivity contribution in [2.45, 2.75) is 19.9 Å². The number of aryl methyl sites for hydroxylation is 1. The van der Waals surface area contributed by atoms with Gasteiger partial charge < -0.3 is 10.4 Å². The number of thiophene rings is 1. The lowest BCUT2D eigenvalue weighted by Crippen LogP contribution is -2.04. The Balaban J connectivity index is 2.10. The molecule has 0 bridgehead atoms. The number of carboxylic acid groups (broad SMARTS) is 1. The van der Waals surface area contributed by atoms with Gasteiger partial charge in [-0.25, -0.2) is 9.78 Å². The zero-order chi connectivity index (χ0) is 13.8. The van der Waals surface area contributed by atoms with Crippen molar-refractivity contribution in [3.05, 3.63) is 44.7 Å². The molecule has 6 heteroatoms. The summed E-state index contributed by atoms with van der Waals surface area (Å²) in [6.45, 7) is 2.75. The number of carbonyl (C=O) groups is 1. The summed E-state index contributed by atoms with van der Waals surface area (Å²) in [7, 11) is 0. The van der Waals surface area contributed by atoms with Crippen LogP contribution in [0.15, 0.2) is 23.7 Å². The topological polar surface area (TPSA) is 62.2 Å². The predicted molar refractivity (Wildman–Crippen MR) is 77.2 cm³/mol. The predicted octanol–water partition coefficient (Wildman–Crippen LogP) is 3.67. The molecule has 100 valence electrons. The van der Waals surface area contributed by atoms with Crippen LogP contribution in [0.3, 0.4) is 0 Å². The largest absolute Gasteiger partial charge is 0.478 e. The summed E-state index contributed by atoms with van der Waals surface area (Å²) in [6, 6.07) is 3.50. The van der Waals surface area contributed by atoms with Crippen LogP contribution in [0.1, 0.15) is 27.7 Å². The van der Waals surface area contributed by atoms with E-state index in [2.05, 4.69) is 28.7 Å². The number of aromatic nitrogens is 1. The minimum Gasteiger partial charge on any atom is -0.478 e. The van der Waals surface area contributed by atoms with E-state index >= 15 is 0 Å². The first-order chi connectivity index (χ1) is 9.11. The Kier molecular flexibility index (Phi) is 4.39. The first-order valence-electron chi connectivity index (χ1n) is 5.79. The van der Waals surface area contributed by atoms with Crippen molar-refractivity contribution >= 4 is 34.7 Å². The number of nitrogens with one attached hydrogen (secondary N) is 1. The maximum Gasteiger partial charge on any atom is 0.337 e. The van der Waals surface area contributed by atoms with Gasteiger partial charge in [-0.3, -0.25) is 0 Å². The van der Waals surface area contributed by atoms with Gasteiger partial charge in [0.2, 0.25) is 0 Å². The molecule has 2 N–H and O–H groups in total. The van der Waals surface area contributed by atoms with E-state index in [-0.39, 0.29) is 5.56 Å². The summed E-state index contributed by atoms with van der Waals surface area (Å²) in [5, 5.41) is 14.3. The minimum absolute atomic E-state index is 0.0842. The third-order valence-corrected chi connectivity index (χ3v) is 3.97. The quantitative estimate of drug-likeness (QED) is 0.884. The van der Waals surface area contributed by atoms with E-state index in [1.165, 1.54) is 22.7 Å². The Morgan fingerprint density at radius 2 is 2.37 bits per heavy atom. The highest BCUT2D eigenvalue weighted by atomic mass is 35.5. The molecule has 4 nitrogen and oxygen atoms in total. The van der Waals surface area contributed by atoms with Crippen molar-refractivity contribution in [1.29, 1.82) is 0 Å². The van der Waals surface area contributed by atoms with E-state index in [4.69, 9.17) is 16.7 Å². The highest BCUT2D eigenvalue weighted by molar-refractivity contribution is 7.10. The number of aromatic carboxylic acids is 1. The van der Waals surface area contributed by atoms with Gasteiger partial charge in [0.15, 0.2) is 0 Å². The molecule has 19 heavy (non-hydrogen) atoms. The second-order valence-electron chi connectivity index (χ2n) is 3.94. The molecule has 0 radical (unpaired) electrons. The third-order valence-electron chi connectivity index (χ3n) is 2.72. The maximum absolute atomic E-state index is 10.8. The molecule has 2 rings (SSSR count). The van der Waals surface area contributed by atoms with Crippen molar-refractivity contribution in [3.63, 3.8) is 0 Å². The molecule has 0 aliphatic heterocycles. The smallest absolute Gasteiger partial charge is 0.337 e. The van der Waals surface area contributed by atoms with Crippen molar-refractivity contribution < 1.29 is 9.90 Å².